The lowest BCUT2D eigenvalue weighted by Crippen LogP contribution is -2.47. The number of carbonyl (C=O) groups excluding carboxylic acids is 3. The van der Waals surface area contributed by atoms with Crippen LogP contribution in [-0.4, -0.2) is 49.3 Å². The average Bonchev–Trinajstić information content (AvgIpc) is 2.46. The number of piperidine rings is 1. The van der Waals surface area contributed by atoms with Crippen molar-refractivity contribution in [3.05, 3.63) is 0 Å². The average molecular weight is 283 g/mol. The van der Waals surface area contributed by atoms with Gasteiger partial charge in [-0.05, 0) is 12.8 Å². The number of hydrogen-bond donors (Lipinski definition) is 2. The molecule has 3 amide bonds. The fourth-order valence-electron chi connectivity index (χ4n) is 2.33. The van der Waals surface area contributed by atoms with Gasteiger partial charge in [0.15, 0.2) is 0 Å². The predicted octanol–water partition coefficient (Wildman–Crippen LogP) is 0.133. The molecular weight excluding hydrogens is 258 g/mol. The highest BCUT2D eigenvalue weighted by Crippen LogP contribution is 2.18. The second kappa shape index (κ2) is 7.87. The van der Waals surface area contributed by atoms with Gasteiger partial charge in [0.25, 0.3) is 0 Å². The number of carbonyl (C=O) groups is 3. The second-order valence-electron chi connectivity index (χ2n) is 5.49. The summed E-state index contributed by atoms with van der Waals surface area (Å²) in [7, 11) is 1.57. The molecule has 0 aromatic carbocycles. The van der Waals surface area contributed by atoms with Gasteiger partial charge >= 0.3 is 0 Å². The number of amides is 3. The lowest BCUT2D eigenvalue weighted by Gasteiger charge is -2.33. The maximum absolute atomic E-state index is 12.0. The lowest BCUT2D eigenvalue weighted by molar-refractivity contribution is -0.138. The molecule has 0 saturated carbocycles. The number of hydrogen-bond acceptors (Lipinski definition) is 3. The van der Waals surface area contributed by atoms with Gasteiger partial charge in [0.2, 0.25) is 17.7 Å². The van der Waals surface area contributed by atoms with Crippen LogP contribution in [-0.2, 0) is 14.4 Å². The molecule has 1 atom stereocenters. The van der Waals surface area contributed by atoms with Crippen molar-refractivity contribution in [1.82, 2.24) is 15.5 Å². The van der Waals surface area contributed by atoms with E-state index in [4.69, 9.17) is 0 Å². The zero-order valence-corrected chi connectivity index (χ0v) is 12.6. The van der Waals surface area contributed by atoms with Crippen molar-refractivity contribution in [1.29, 1.82) is 0 Å². The number of likely N-dealkylation sites (tertiary alicyclic amines) is 1. The molecule has 6 nitrogen and oxygen atoms in total. The van der Waals surface area contributed by atoms with Gasteiger partial charge < -0.3 is 15.5 Å². The largest absolute Gasteiger partial charge is 0.359 e. The van der Waals surface area contributed by atoms with E-state index in [1.54, 1.807) is 11.9 Å². The van der Waals surface area contributed by atoms with Crippen molar-refractivity contribution in [2.75, 3.05) is 26.7 Å². The van der Waals surface area contributed by atoms with E-state index in [9.17, 15) is 14.4 Å². The molecule has 6 heteroatoms. The summed E-state index contributed by atoms with van der Waals surface area (Å²) in [4.78, 5) is 36.8. The normalized spacial score (nSPS) is 18.8. The third-order valence-corrected chi connectivity index (χ3v) is 3.53. The van der Waals surface area contributed by atoms with Gasteiger partial charge in [-0.3, -0.25) is 14.4 Å². The molecule has 2 N–H and O–H groups in total. The highest BCUT2D eigenvalue weighted by molar-refractivity contribution is 5.82. The summed E-state index contributed by atoms with van der Waals surface area (Å²) in [5.74, 6) is -0.241. The Labute approximate surface area is 120 Å². The third kappa shape index (κ3) is 4.83. The Morgan fingerprint density at radius 1 is 1.30 bits per heavy atom. The van der Waals surface area contributed by atoms with Gasteiger partial charge in [-0.2, -0.15) is 0 Å². The Bertz CT molecular complexity index is 369. The molecule has 0 aromatic rings. The lowest BCUT2D eigenvalue weighted by atomic mass is 9.96. The molecule has 1 aliphatic heterocycles. The van der Waals surface area contributed by atoms with Crippen LogP contribution in [0.2, 0.25) is 0 Å². The summed E-state index contributed by atoms with van der Waals surface area (Å²) >= 11 is 0. The zero-order valence-electron chi connectivity index (χ0n) is 12.6. The minimum Gasteiger partial charge on any atom is -0.359 e. The van der Waals surface area contributed by atoms with Crippen LogP contribution in [0.1, 0.15) is 33.1 Å². The number of nitrogens with one attached hydrogen (secondary N) is 2. The van der Waals surface area contributed by atoms with Crippen molar-refractivity contribution in [2.45, 2.75) is 33.1 Å². The van der Waals surface area contributed by atoms with Gasteiger partial charge in [0.1, 0.15) is 0 Å². The molecule has 114 valence electrons. The second-order valence-corrected chi connectivity index (χ2v) is 5.49. The van der Waals surface area contributed by atoms with E-state index in [0.717, 1.165) is 19.4 Å². The molecule has 1 rings (SSSR count). The molecule has 1 aliphatic rings. The van der Waals surface area contributed by atoms with E-state index in [0.29, 0.717) is 13.1 Å². The summed E-state index contributed by atoms with van der Waals surface area (Å²) in [6.45, 7) is 5.31. The SMILES string of the molecule is CNC(=O)CCNC(=O)[C@H]1CCCN(C(=O)C(C)C)C1. The van der Waals surface area contributed by atoms with Crippen molar-refractivity contribution in [3.8, 4) is 0 Å². The van der Waals surface area contributed by atoms with Gasteiger partial charge in [0.05, 0.1) is 5.92 Å². The van der Waals surface area contributed by atoms with Crippen LogP contribution in [0.15, 0.2) is 0 Å². The molecule has 1 saturated heterocycles. The van der Waals surface area contributed by atoms with Crippen molar-refractivity contribution < 1.29 is 14.4 Å². The van der Waals surface area contributed by atoms with E-state index in [1.165, 1.54) is 0 Å². The van der Waals surface area contributed by atoms with Crippen LogP contribution >= 0.6 is 0 Å². The van der Waals surface area contributed by atoms with Crippen LogP contribution in [0.5, 0.6) is 0 Å². The minimum absolute atomic E-state index is 0.0370. The standard InChI is InChI=1S/C14H25N3O3/c1-10(2)14(20)17-8-4-5-11(9-17)13(19)16-7-6-12(18)15-3/h10-11H,4-9H2,1-3H3,(H,15,18)(H,16,19)/t11-/m0/s1. The maximum Gasteiger partial charge on any atom is 0.225 e. The first-order chi connectivity index (χ1) is 9.45. The summed E-state index contributed by atoms with van der Waals surface area (Å²) in [5, 5.41) is 5.28. The Kier molecular flexibility index (Phi) is 6.48. The van der Waals surface area contributed by atoms with E-state index < -0.39 is 0 Å². The van der Waals surface area contributed by atoms with E-state index in [2.05, 4.69) is 10.6 Å². The summed E-state index contributed by atoms with van der Waals surface area (Å²) in [5.41, 5.74) is 0. The molecule has 1 fully saturated rings. The number of nitrogens with zero attached hydrogens (tertiary/aromatic N) is 1. The van der Waals surface area contributed by atoms with Crippen LogP contribution < -0.4 is 10.6 Å². The molecule has 20 heavy (non-hydrogen) atoms. The molecule has 1 heterocycles. The summed E-state index contributed by atoms with van der Waals surface area (Å²) < 4.78 is 0. The first-order valence-electron chi connectivity index (χ1n) is 7.22. The quantitative estimate of drug-likeness (QED) is 0.753. The van der Waals surface area contributed by atoms with Gasteiger partial charge in [-0.1, -0.05) is 13.8 Å². The predicted molar refractivity (Wildman–Crippen MR) is 75.8 cm³/mol. The number of rotatable bonds is 5. The highest BCUT2D eigenvalue weighted by atomic mass is 16.2. The van der Waals surface area contributed by atoms with E-state index in [-0.39, 0.29) is 36.0 Å². The van der Waals surface area contributed by atoms with Crippen LogP contribution in [0, 0.1) is 11.8 Å². The molecular formula is C14H25N3O3. The van der Waals surface area contributed by atoms with Gasteiger partial charge in [-0.15, -0.1) is 0 Å². The molecule has 0 bridgehead atoms. The first-order valence-corrected chi connectivity index (χ1v) is 7.22. The topological polar surface area (TPSA) is 78.5 Å². The van der Waals surface area contributed by atoms with Crippen LogP contribution in [0.25, 0.3) is 0 Å². The summed E-state index contributed by atoms with van der Waals surface area (Å²) in [6, 6.07) is 0. The maximum atomic E-state index is 12.0. The Balaban J connectivity index is 2.40. The van der Waals surface area contributed by atoms with Crippen LogP contribution in [0.3, 0.4) is 0 Å². The fourth-order valence-corrected chi connectivity index (χ4v) is 2.33. The molecule has 0 spiro atoms. The summed E-state index contributed by atoms with van der Waals surface area (Å²) in [6.07, 6.45) is 1.93. The molecule has 0 aromatic heterocycles. The fraction of sp³-hybridized carbons (Fsp3) is 0.786. The molecule has 0 radical (unpaired) electrons. The Hall–Kier alpha value is -1.59. The Morgan fingerprint density at radius 3 is 2.60 bits per heavy atom. The monoisotopic (exact) mass is 283 g/mol. The van der Waals surface area contributed by atoms with E-state index in [1.807, 2.05) is 13.8 Å². The Morgan fingerprint density at radius 2 is 2.00 bits per heavy atom. The van der Waals surface area contributed by atoms with E-state index >= 15 is 0 Å². The van der Waals surface area contributed by atoms with Gasteiger partial charge in [0, 0.05) is 39.0 Å². The smallest absolute Gasteiger partial charge is 0.225 e. The highest BCUT2D eigenvalue weighted by Gasteiger charge is 2.29. The third-order valence-electron chi connectivity index (χ3n) is 3.53. The van der Waals surface area contributed by atoms with Crippen molar-refractivity contribution >= 4 is 17.7 Å². The van der Waals surface area contributed by atoms with Crippen LogP contribution in [0.4, 0.5) is 0 Å². The molecule has 0 unspecified atom stereocenters. The van der Waals surface area contributed by atoms with Crippen molar-refractivity contribution in [3.63, 3.8) is 0 Å². The zero-order chi connectivity index (χ0) is 15.1. The molecule has 0 aliphatic carbocycles. The minimum atomic E-state index is -0.156. The van der Waals surface area contributed by atoms with Crippen molar-refractivity contribution in [2.24, 2.45) is 11.8 Å². The first kappa shape index (κ1) is 16.5. The van der Waals surface area contributed by atoms with Gasteiger partial charge in [-0.25, -0.2) is 0 Å².